The number of nitriles is 1. The van der Waals surface area contributed by atoms with Crippen LogP contribution in [0.25, 0.3) is 48.3 Å². The fourth-order valence-corrected chi connectivity index (χ4v) is 12.5. The van der Waals surface area contributed by atoms with Crippen molar-refractivity contribution in [3.8, 4) is 22.9 Å². The Kier molecular flexibility index (Phi) is 7.63. The van der Waals surface area contributed by atoms with Gasteiger partial charge in [0.2, 0.25) is 5.69 Å². The second-order valence-corrected chi connectivity index (χ2v) is 15.9. The largest absolute Gasteiger partial charge is 0.318 e. The second kappa shape index (κ2) is 12.6. The Balaban J connectivity index is 1.53. The zero-order chi connectivity index (χ0) is 34.1. The fraction of sp³-hybridized carbons (Fsp3) is 0. The summed E-state index contributed by atoms with van der Waals surface area (Å²) in [5.74, 6) is 0. The van der Waals surface area contributed by atoms with Crippen molar-refractivity contribution in [2.75, 3.05) is 0 Å². The molecule has 1 aromatic heterocycles. The van der Waals surface area contributed by atoms with E-state index in [2.05, 4.69) is 142 Å². The number of nitrogens with zero attached hydrogens (tertiary/aromatic N) is 4. The number of benzene rings is 7. The third-order valence-electron chi connectivity index (χ3n) is 9.61. The molecule has 0 aliphatic rings. The summed E-state index contributed by atoms with van der Waals surface area (Å²) in [6, 6.07) is 60.8. The summed E-state index contributed by atoms with van der Waals surface area (Å²) >= 11 is 0. The first-order chi connectivity index (χ1) is 24.7. The number of fused-ring (bicyclic) bond motifs is 3. The van der Waals surface area contributed by atoms with Gasteiger partial charge in [0, 0.05) is 5.39 Å². The van der Waals surface area contributed by atoms with Crippen LogP contribution in [0.5, 0.6) is 0 Å². The highest BCUT2D eigenvalue weighted by Gasteiger charge is 2.43. The molecule has 0 saturated carbocycles. The van der Waals surface area contributed by atoms with E-state index in [0.717, 1.165) is 38.6 Å². The Hall–Kier alpha value is -6.97. The van der Waals surface area contributed by atoms with Crippen molar-refractivity contribution in [1.29, 1.82) is 5.26 Å². The lowest BCUT2D eigenvalue weighted by Gasteiger charge is -2.36. The molecule has 0 fully saturated rings. The highest BCUT2D eigenvalue weighted by molar-refractivity contribution is 7.20. The Morgan fingerprint density at radius 1 is 0.520 bits per heavy atom. The molecule has 232 valence electrons. The van der Waals surface area contributed by atoms with E-state index in [9.17, 15) is 5.26 Å². The maximum atomic E-state index is 9.82. The van der Waals surface area contributed by atoms with Crippen LogP contribution in [0.3, 0.4) is 0 Å². The maximum absolute atomic E-state index is 9.82. The van der Waals surface area contributed by atoms with Crippen molar-refractivity contribution >= 4 is 62.0 Å². The van der Waals surface area contributed by atoms with Gasteiger partial charge in [-0.25, -0.2) is 9.69 Å². The topological polar surface area (TPSA) is 37.4 Å². The van der Waals surface area contributed by atoms with E-state index in [0.29, 0.717) is 16.9 Å². The third kappa shape index (κ3) is 4.72. The summed E-state index contributed by atoms with van der Waals surface area (Å²) in [6.45, 7) is 16.1. The first kappa shape index (κ1) is 30.4. The van der Waals surface area contributed by atoms with E-state index < -0.39 is 8.07 Å². The minimum Gasteiger partial charge on any atom is -0.318 e. The van der Waals surface area contributed by atoms with E-state index in [1.54, 1.807) is 0 Å². The van der Waals surface area contributed by atoms with Gasteiger partial charge in [0.1, 0.15) is 0 Å². The highest BCUT2D eigenvalue weighted by atomic mass is 28.3. The SMILES string of the molecule is [C-]#[N+]c1ccc2c(c1)c1cc(C#N)ccc1n2-c1c([N+]#[C-])cccc1-c1ccccc1[Si](c1ccccc1)(c1ccccc1)c1ccccc1. The van der Waals surface area contributed by atoms with Gasteiger partial charge in [-0.2, -0.15) is 5.26 Å². The van der Waals surface area contributed by atoms with Crippen LogP contribution in [0.1, 0.15) is 5.56 Å². The van der Waals surface area contributed by atoms with Crippen molar-refractivity contribution in [3.63, 3.8) is 0 Å². The molecule has 0 aliphatic carbocycles. The van der Waals surface area contributed by atoms with Crippen LogP contribution < -0.4 is 20.7 Å². The lowest BCUT2D eigenvalue weighted by molar-refractivity contribution is 1.19. The lowest BCUT2D eigenvalue weighted by atomic mass is 10.0. The van der Waals surface area contributed by atoms with E-state index in [4.69, 9.17) is 13.1 Å². The smallest absolute Gasteiger partial charge is 0.211 e. The molecule has 1 heterocycles. The molecule has 8 rings (SSSR count). The number of hydrogen-bond donors (Lipinski definition) is 0. The van der Waals surface area contributed by atoms with Crippen LogP contribution in [-0.2, 0) is 0 Å². The molecule has 0 radical (unpaired) electrons. The molecule has 4 nitrogen and oxygen atoms in total. The van der Waals surface area contributed by atoms with Crippen LogP contribution in [0, 0.1) is 24.5 Å². The third-order valence-corrected chi connectivity index (χ3v) is 14.4. The number of aromatic nitrogens is 1. The Labute approximate surface area is 292 Å². The summed E-state index contributed by atoms with van der Waals surface area (Å²) in [5.41, 5.74) is 6.08. The molecule has 8 aromatic rings. The molecule has 0 N–H and O–H groups in total. The highest BCUT2D eigenvalue weighted by Crippen LogP contribution is 2.42. The van der Waals surface area contributed by atoms with Crippen LogP contribution in [0.2, 0.25) is 0 Å². The van der Waals surface area contributed by atoms with Gasteiger partial charge >= 0.3 is 0 Å². The summed E-state index contributed by atoms with van der Waals surface area (Å²) in [5, 5.41) is 16.6. The summed E-state index contributed by atoms with van der Waals surface area (Å²) in [4.78, 5) is 7.81. The first-order valence-corrected chi connectivity index (χ1v) is 18.3. The molecule has 7 aromatic carbocycles. The number of hydrogen-bond acceptors (Lipinski definition) is 1. The van der Waals surface area contributed by atoms with Crippen molar-refractivity contribution < 1.29 is 0 Å². The predicted octanol–water partition coefficient (Wildman–Crippen LogP) is 8.80. The van der Waals surface area contributed by atoms with Gasteiger partial charge in [-0.1, -0.05) is 140 Å². The van der Waals surface area contributed by atoms with Gasteiger partial charge in [0.05, 0.1) is 41.5 Å². The Morgan fingerprint density at radius 3 is 1.64 bits per heavy atom. The average molecular weight is 653 g/mol. The van der Waals surface area contributed by atoms with E-state index in [1.807, 2.05) is 48.5 Å². The van der Waals surface area contributed by atoms with Crippen molar-refractivity contribution in [2.45, 2.75) is 0 Å². The van der Waals surface area contributed by atoms with Gasteiger partial charge in [-0.3, -0.25) is 0 Å². The van der Waals surface area contributed by atoms with Crippen molar-refractivity contribution in [1.82, 2.24) is 4.57 Å². The molecule has 0 saturated heterocycles. The van der Waals surface area contributed by atoms with Crippen LogP contribution in [0.4, 0.5) is 11.4 Å². The monoisotopic (exact) mass is 652 g/mol. The van der Waals surface area contributed by atoms with Gasteiger partial charge in [0.25, 0.3) is 0 Å². The molecule has 50 heavy (non-hydrogen) atoms. The van der Waals surface area contributed by atoms with Crippen LogP contribution in [0.15, 0.2) is 170 Å². The number of rotatable bonds is 6. The first-order valence-electron chi connectivity index (χ1n) is 16.3. The lowest BCUT2D eigenvalue weighted by Crippen LogP contribution is -2.75. The molecule has 0 aliphatic heterocycles. The molecule has 0 atom stereocenters. The van der Waals surface area contributed by atoms with E-state index in [-0.39, 0.29) is 0 Å². The maximum Gasteiger partial charge on any atom is 0.211 e. The quantitative estimate of drug-likeness (QED) is 0.101. The second-order valence-electron chi connectivity index (χ2n) is 12.2. The predicted molar refractivity (Wildman–Crippen MR) is 207 cm³/mol. The molecule has 0 spiro atoms. The fourth-order valence-electron chi connectivity index (χ4n) is 7.54. The summed E-state index contributed by atoms with van der Waals surface area (Å²) < 4.78 is 2.15. The standard InChI is InChI=1S/C45H28N4Si/c1-47-33-26-28-43-40(30-33)39-29-32(31-46)25-27-42(39)49(43)45-38(22-14-23-41(45)48-2)37-21-12-13-24-44(37)50(34-15-6-3-7-16-34,35-17-8-4-9-18-35)36-19-10-5-11-20-36/h3-30H. The summed E-state index contributed by atoms with van der Waals surface area (Å²) in [6.07, 6.45) is 0. The van der Waals surface area contributed by atoms with E-state index >= 15 is 0 Å². The Bertz CT molecular complexity index is 2510. The van der Waals surface area contributed by atoms with Gasteiger partial charge in [0.15, 0.2) is 13.8 Å². The normalized spacial score (nSPS) is 11.1. The molecule has 0 bridgehead atoms. The van der Waals surface area contributed by atoms with Crippen molar-refractivity contribution in [3.05, 3.63) is 198 Å². The minimum atomic E-state index is -2.95. The zero-order valence-corrected chi connectivity index (χ0v) is 28.0. The van der Waals surface area contributed by atoms with E-state index in [1.165, 1.54) is 20.7 Å². The number of para-hydroxylation sites is 1. The van der Waals surface area contributed by atoms with Crippen molar-refractivity contribution in [2.24, 2.45) is 0 Å². The molecule has 0 unspecified atom stereocenters. The van der Waals surface area contributed by atoms with Crippen LogP contribution in [-0.4, -0.2) is 12.6 Å². The zero-order valence-electron chi connectivity index (χ0n) is 27.0. The van der Waals surface area contributed by atoms with Gasteiger partial charge < -0.3 is 4.57 Å². The van der Waals surface area contributed by atoms with Gasteiger partial charge in [-0.05, 0) is 67.6 Å². The van der Waals surface area contributed by atoms with Crippen LogP contribution >= 0.6 is 0 Å². The average Bonchev–Trinajstić information content (AvgIpc) is 3.51. The summed E-state index contributed by atoms with van der Waals surface area (Å²) in [7, 11) is -2.95. The van der Waals surface area contributed by atoms with Gasteiger partial charge in [-0.15, -0.1) is 0 Å². The molecule has 5 heteroatoms. The Morgan fingerprint density at radius 2 is 1.06 bits per heavy atom. The molecular weight excluding hydrogens is 625 g/mol. The molecule has 0 amide bonds. The molecular formula is C45H28N4Si. The minimum absolute atomic E-state index is 0.515.